The summed E-state index contributed by atoms with van der Waals surface area (Å²) in [5, 5.41) is 4.32. The number of rotatable bonds is 4. The van der Waals surface area contributed by atoms with Gasteiger partial charge >= 0.3 is 0 Å². The van der Waals surface area contributed by atoms with Crippen LogP contribution in [-0.2, 0) is 6.42 Å². The standard InChI is InChI=1S/C14H21ClN2/c1-12-11-16-8-10-17(12)9-4-6-13-5-2-3-7-14(13)15/h2-3,5,7,12,16H,4,6,8-11H2,1H3. The Morgan fingerprint density at radius 2 is 2.24 bits per heavy atom. The normalized spacial score (nSPS) is 21.6. The summed E-state index contributed by atoms with van der Waals surface area (Å²) in [6, 6.07) is 8.82. The van der Waals surface area contributed by atoms with Gasteiger partial charge in [0.15, 0.2) is 0 Å². The fraction of sp³-hybridized carbons (Fsp3) is 0.571. The van der Waals surface area contributed by atoms with Crippen LogP contribution >= 0.6 is 11.6 Å². The Labute approximate surface area is 109 Å². The van der Waals surface area contributed by atoms with Gasteiger partial charge in [0.1, 0.15) is 0 Å². The van der Waals surface area contributed by atoms with Gasteiger partial charge in [0.25, 0.3) is 0 Å². The number of aryl methyl sites for hydroxylation is 1. The largest absolute Gasteiger partial charge is 0.314 e. The molecule has 1 heterocycles. The monoisotopic (exact) mass is 252 g/mol. The minimum atomic E-state index is 0.662. The molecule has 2 rings (SSSR count). The molecule has 0 aromatic heterocycles. The lowest BCUT2D eigenvalue weighted by molar-refractivity contribution is 0.172. The molecule has 0 aliphatic carbocycles. The van der Waals surface area contributed by atoms with Crippen molar-refractivity contribution < 1.29 is 0 Å². The van der Waals surface area contributed by atoms with Gasteiger partial charge in [-0.05, 0) is 37.9 Å². The molecule has 0 amide bonds. The van der Waals surface area contributed by atoms with Gasteiger partial charge in [-0.2, -0.15) is 0 Å². The molecule has 1 saturated heterocycles. The fourth-order valence-electron chi connectivity index (χ4n) is 2.39. The van der Waals surface area contributed by atoms with Crippen LogP contribution in [0.5, 0.6) is 0 Å². The van der Waals surface area contributed by atoms with Crippen molar-refractivity contribution in [2.45, 2.75) is 25.8 Å². The molecular formula is C14H21ClN2. The summed E-state index contributed by atoms with van der Waals surface area (Å²) in [5.41, 5.74) is 1.27. The van der Waals surface area contributed by atoms with Crippen LogP contribution in [0.3, 0.4) is 0 Å². The zero-order valence-electron chi connectivity index (χ0n) is 10.5. The van der Waals surface area contributed by atoms with Crippen molar-refractivity contribution >= 4 is 11.6 Å². The first-order valence-electron chi connectivity index (χ1n) is 6.45. The first-order valence-corrected chi connectivity index (χ1v) is 6.83. The Balaban J connectivity index is 1.77. The van der Waals surface area contributed by atoms with Crippen LogP contribution in [0.4, 0.5) is 0 Å². The molecule has 1 N–H and O–H groups in total. The second kappa shape index (κ2) is 6.39. The summed E-state index contributed by atoms with van der Waals surface area (Å²) < 4.78 is 0. The Morgan fingerprint density at radius 1 is 1.41 bits per heavy atom. The zero-order valence-corrected chi connectivity index (χ0v) is 11.2. The van der Waals surface area contributed by atoms with Gasteiger partial charge in [-0.15, -0.1) is 0 Å². The number of nitrogens with one attached hydrogen (secondary N) is 1. The molecule has 94 valence electrons. The van der Waals surface area contributed by atoms with Crippen molar-refractivity contribution in [1.29, 1.82) is 0 Å². The van der Waals surface area contributed by atoms with Gasteiger partial charge in [0.2, 0.25) is 0 Å². The smallest absolute Gasteiger partial charge is 0.0437 e. The molecule has 0 bridgehead atoms. The molecule has 2 nitrogen and oxygen atoms in total. The molecule has 0 radical (unpaired) electrons. The molecule has 3 heteroatoms. The summed E-state index contributed by atoms with van der Waals surface area (Å²) >= 11 is 6.15. The van der Waals surface area contributed by atoms with Crippen LogP contribution < -0.4 is 5.32 Å². The second-order valence-electron chi connectivity index (χ2n) is 4.78. The topological polar surface area (TPSA) is 15.3 Å². The highest BCUT2D eigenvalue weighted by Gasteiger charge is 2.16. The predicted molar refractivity (Wildman–Crippen MR) is 73.7 cm³/mol. The molecular weight excluding hydrogens is 232 g/mol. The van der Waals surface area contributed by atoms with Crippen molar-refractivity contribution in [3.8, 4) is 0 Å². The molecule has 17 heavy (non-hydrogen) atoms. The van der Waals surface area contributed by atoms with Crippen molar-refractivity contribution in [3.63, 3.8) is 0 Å². The lowest BCUT2D eigenvalue weighted by atomic mass is 10.1. The Morgan fingerprint density at radius 3 is 3.00 bits per heavy atom. The van der Waals surface area contributed by atoms with Crippen LogP contribution in [0.25, 0.3) is 0 Å². The molecule has 0 spiro atoms. The number of benzene rings is 1. The molecule has 1 unspecified atom stereocenters. The summed E-state index contributed by atoms with van der Waals surface area (Å²) in [4.78, 5) is 2.56. The second-order valence-corrected chi connectivity index (χ2v) is 5.19. The van der Waals surface area contributed by atoms with Gasteiger partial charge in [-0.3, -0.25) is 4.90 Å². The third kappa shape index (κ3) is 3.70. The fourth-order valence-corrected chi connectivity index (χ4v) is 2.62. The molecule has 1 aromatic carbocycles. The Bertz CT molecular complexity index is 354. The summed E-state index contributed by atoms with van der Waals surface area (Å²) in [5.74, 6) is 0. The SMILES string of the molecule is CC1CNCCN1CCCc1ccccc1Cl. The molecule has 0 saturated carbocycles. The maximum atomic E-state index is 6.15. The van der Waals surface area contributed by atoms with E-state index in [0.717, 1.165) is 24.5 Å². The lowest BCUT2D eigenvalue weighted by Gasteiger charge is -2.33. The predicted octanol–water partition coefficient (Wildman–Crippen LogP) is 2.57. The maximum Gasteiger partial charge on any atom is 0.0437 e. The number of hydrogen-bond donors (Lipinski definition) is 1. The lowest BCUT2D eigenvalue weighted by Crippen LogP contribution is -2.49. The van der Waals surface area contributed by atoms with E-state index in [-0.39, 0.29) is 0 Å². The molecule has 1 atom stereocenters. The van der Waals surface area contributed by atoms with Crippen LogP contribution in [0.15, 0.2) is 24.3 Å². The van der Waals surface area contributed by atoms with E-state index < -0.39 is 0 Å². The van der Waals surface area contributed by atoms with Crippen molar-refractivity contribution in [1.82, 2.24) is 10.2 Å². The van der Waals surface area contributed by atoms with Crippen LogP contribution in [-0.4, -0.2) is 37.1 Å². The molecule has 1 aromatic rings. The number of piperazine rings is 1. The Kier molecular flexibility index (Phi) is 4.84. The van der Waals surface area contributed by atoms with Crippen LogP contribution in [0.2, 0.25) is 5.02 Å². The molecule has 1 aliphatic rings. The third-order valence-corrected chi connectivity index (χ3v) is 3.86. The van der Waals surface area contributed by atoms with Gasteiger partial charge in [0.05, 0.1) is 0 Å². The maximum absolute atomic E-state index is 6.15. The highest BCUT2D eigenvalue weighted by molar-refractivity contribution is 6.31. The molecule has 1 aliphatic heterocycles. The van der Waals surface area contributed by atoms with Gasteiger partial charge < -0.3 is 5.32 Å². The van der Waals surface area contributed by atoms with E-state index in [1.54, 1.807) is 0 Å². The average Bonchev–Trinajstić information content (AvgIpc) is 2.34. The number of nitrogens with zero attached hydrogens (tertiary/aromatic N) is 1. The minimum Gasteiger partial charge on any atom is -0.314 e. The van der Waals surface area contributed by atoms with E-state index in [4.69, 9.17) is 11.6 Å². The van der Waals surface area contributed by atoms with Crippen molar-refractivity contribution in [3.05, 3.63) is 34.9 Å². The van der Waals surface area contributed by atoms with Gasteiger partial charge in [-0.25, -0.2) is 0 Å². The Hall–Kier alpha value is -0.570. The van der Waals surface area contributed by atoms with E-state index in [2.05, 4.69) is 29.3 Å². The van der Waals surface area contributed by atoms with Crippen molar-refractivity contribution in [2.24, 2.45) is 0 Å². The highest BCUT2D eigenvalue weighted by atomic mass is 35.5. The third-order valence-electron chi connectivity index (χ3n) is 3.49. The first-order chi connectivity index (χ1) is 8.27. The van der Waals surface area contributed by atoms with E-state index in [9.17, 15) is 0 Å². The number of hydrogen-bond acceptors (Lipinski definition) is 2. The zero-order chi connectivity index (χ0) is 12.1. The van der Waals surface area contributed by atoms with E-state index in [0.29, 0.717) is 6.04 Å². The van der Waals surface area contributed by atoms with E-state index in [1.165, 1.54) is 25.1 Å². The summed E-state index contributed by atoms with van der Waals surface area (Å²) in [6.45, 7) is 6.88. The minimum absolute atomic E-state index is 0.662. The highest BCUT2D eigenvalue weighted by Crippen LogP contribution is 2.17. The average molecular weight is 253 g/mol. The first kappa shape index (κ1) is 12.9. The van der Waals surface area contributed by atoms with Gasteiger partial charge in [-0.1, -0.05) is 29.8 Å². The van der Waals surface area contributed by atoms with E-state index >= 15 is 0 Å². The van der Waals surface area contributed by atoms with Crippen molar-refractivity contribution in [2.75, 3.05) is 26.2 Å². The number of halogens is 1. The summed E-state index contributed by atoms with van der Waals surface area (Å²) in [6.07, 6.45) is 2.27. The summed E-state index contributed by atoms with van der Waals surface area (Å²) in [7, 11) is 0. The molecule has 1 fully saturated rings. The quantitative estimate of drug-likeness (QED) is 0.886. The van der Waals surface area contributed by atoms with Crippen LogP contribution in [0, 0.1) is 0 Å². The van der Waals surface area contributed by atoms with Crippen LogP contribution in [0.1, 0.15) is 18.9 Å². The van der Waals surface area contributed by atoms with Gasteiger partial charge in [0, 0.05) is 30.7 Å². The van der Waals surface area contributed by atoms with E-state index in [1.807, 2.05) is 12.1 Å².